The molecule has 1 aromatic carbocycles. The second-order valence-electron chi connectivity index (χ2n) is 5.21. The van der Waals surface area contributed by atoms with Gasteiger partial charge in [-0.05, 0) is 39.2 Å². The molecule has 1 rings (SSSR count). The highest BCUT2D eigenvalue weighted by molar-refractivity contribution is 5.77. The Bertz CT molecular complexity index is 528. The van der Waals surface area contributed by atoms with E-state index >= 15 is 0 Å². The standard InChI is InChI=1S/C14H20N2O5/c1-10-6-5-7-11(12(10)16(19)20)21-9-4-3-8-14(2,15)13(17)18/h5-7H,3-4,8-9,15H2,1-2H3,(H,17,18). The summed E-state index contributed by atoms with van der Waals surface area (Å²) in [6.45, 7) is 3.39. The molecule has 7 heteroatoms. The van der Waals surface area contributed by atoms with Crippen LogP contribution in [0.25, 0.3) is 0 Å². The fourth-order valence-electron chi connectivity index (χ4n) is 1.87. The zero-order chi connectivity index (χ0) is 16.0. The van der Waals surface area contributed by atoms with Gasteiger partial charge in [-0.2, -0.15) is 0 Å². The molecule has 3 N–H and O–H groups in total. The summed E-state index contributed by atoms with van der Waals surface area (Å²) in [5.74, 6) is -0.813. The minimum absolute atomic E-state index is 0.0355. The van der Waals surface area contributed by atoms with E-state index in [0.717, 1.165) is 0 Å². The van der Waals surface area contributed by atoms with E-state index in [0.29, 0.717) is 24.8 Å². The highest BCUT2D eigenvalue weighted by Gasteiger charge is 2.26. The van der Waals surface area contributed by atoms with Gasteiger partial charge in [0.25, 0.3) is 0 Å². The molecule has 0 aliphatic carbocycles. The highest BCUT2D eigenvalue weighted by atomic mass is 16.6. The van der Waals surface area contributed by atoms with Crippen molar-refractivity contribution in [3.63, 3.8) is 0 Å². The lowest BCUT2D eigenvalue weighted by Gasteiger charge is -2.18. The normalized spacial score (nSPS) is 13.5. The Morgan fingerprint density at radius 2 is 2.14 bits per heavy atom. The van der Waals surface area contributed by atoms with Crippen molar-refractivity contribution in [2.45, 2.75) is 38.6 Å². The van der Waals surface area contributed by atoms with Crippen LogP contribution in [0, 0.1) is 17.0 Å². The van der Waals surface area contributed by atoms with Gasteiger partial charge in [-0.25, -0.2) is 0 Å². The number of nitrogens with zero attached hydrogens (tertiary/aromatic N) is 1. The number of carbonyl (C=O) groups is 1. The predicted molar refractivity (Wildman–Crippen MR) is 77.4 cm³/mol. The number of carboxylic acid groups (broad SMARTS) is 1. The van der Waals surface area contributed by atoms with Crippen LogP contribution in [0.3, 0.4) is 0 Å². The molecule has 0 saturated heterocycles. The van der Waals surface area contributed by atoms with Gasteiger partial charge in [0.05, 0.1) is 11.5 Å². The lowest BCUT2D eigenvalue weighted by atomic mass is 9.97. The molecule has 116 valence electrons. The molecular formula is C14H20N2O5. The average Bonchev–Trinajstić information content (AvgIpc) is 2.37. The van der Waals surface area contributed by atoms with E-state index < -0.39 is 16.4 Å². The predicted octanol–water partition coefficient (Wildman–Crippen LogP) is 2.25. The fraction of sp³-hybridized carbons (Fsp3) is 0.500. The van der Waals surface area contributed by atoms with E-state index in [1.807, 2.05) is 0 Å². The van der Waals surface area contributed by atoms with Gasteiger partial charge in [0.2, 0.25) is 0 Å². The largest absolute Gasteiger partial charge is 0.487 e. The first-order chi connectivity index (χ1) is 9.75. The van der Waals surface area contributed by atoms with E-state index in [1.54, 1.807) is 25.1 Å². The summed E-state index contributed by atoms with van der Waals surface area (Å²) < 4.78 is 5.42. The Balaban J connectivity index is 2.49. The number of aliphatic carboxylic acids is 1. The number of ether oxygens (including phenoxy) is 1. The summed E-state index contributed by atoms with van der Waals surface area (Å²) >= 11 is 0. The molecule has 21 heavy (non-hydrogen) atoms. The van der Waals surface area contributed by atoms with E-state index in [1.165, 1.54) is 6.92 Å². The second kappa shape index (κ2) is 7.03. The van der Waals surface area contributed by atoms with E-state index in [-0.39, 0.29) is 18.0 Å². The summed E-state index contributed by atoms with van der Waals surface area (Å²) in [5, 5.41) is 19.9. The molecule has 0 bridgehead atoms. The number of para-hydroxylation sites is 1. The fourth-order valence-corrected chi connectivity index (χ4v) is 1.87. The van der Waals surface area contributed by atoms with Gasteiger partial charge in [-0.1, -0.05) is 12.1 Å². The van der Waals surface area contributed by atoms with Crippen LogP contribution in [0.4, 0.5) is 5.69 Å². The number of carboxylic acids is 1. The average molecular weight is 296 g/mol. The SMILES string of the molecule is Cc1cccc(OCCCCC(C)(N)C(=O)O)c1[N+](=O)[O-]. The van der Waals surface area contributed by atoms with Gasteiger partial charge in [-0.3, -0.25) is 14.9 Å². The Hall–Kier alpha value is -2.15. The first-order valence-electron chi connectivity index (χ1n) is 6.65. The van der Waals surface area contributed by atoms with Crippen molar-refractivity contribution < 1.29 is 19.6 Å². The van der Waals surface area contributed by atoms with Crippen LogP contribution in [0.15, 0.2) is 18.2 Å². The summed E-state index contributed by atoms with van der Waals surface area (Å²) in [5.41, 5.74) is 4.86. The first kappa shape index (κ1) is 16.9. The van der Waals surface area contributed by atoms with Crippen molar-refractivity contribution in [3.8, 4) is 5.75 Å². The zero-order valence-electron chi connectivity index (χ0n) is 12.2. The highest BCUT2D eigenvalue weighted by Crippen LogP contribution is 2.30. The maximum absolute atomic E-state index is 11.0. The molecule has 0 aliphatic rings. The van der Waals surface area contributed by atoms with Gasteiger partial charge < -0.3 is 15.6 Å². The minimum Gasteiger partial charge on any atom is -0.487 e. The lowest BCUT2D eigenvalue weighted by molar-refractivity contribution is -0.386. The third-order valence-corrected chi connectivity index (χ3v) is 3.22. The Kier molecular flexibility index (Phi) is 5.66. The number of aryl methyl sites for hydroxylation is 1. The van der Waals surface area contributed by atoms with Crippen molar-refractivity contribution in [2.24, 2.45) is 5.73 Å². The molecule has 1 unspecified atom stereocenters. The molecule has 0 spiro atoms. The van der Waals surface area contributed by atoms with Crippen molar-refractivity contribution in [1.29, 1.82) is 0 Å². The number of rotatable bonds is 8. The van der Waals surface area contributed by atoms with Gasteiger partial charge in [0.15, 0.2) is 5.75 Å². The molecule has 0 radical (unpaired) electrons. The molecule has 0 saturated carbocycles. The number of nitro groups is 1. The lowest BCUT2D eigenvalue weighted by Crippen LogP contribution is -2.44. The number of nitrogens with two attached hydrogens (primary N) is 1. The molecular weight excluding hydrogens is 276 g/mol. The zero-order valence-corrected chi connectivity index (χ0v) is 12.2. The van der Waals surface area contributed by atoms with Crippen molar-refractivity contribution in [3.05, 3.63) is 33.9 Å². The number of hydrogen-bond donors (Lipinski definition) is 2. The van der Waals surface area contributed by atoms with Crippen LogP contribution in [0.5, 0.6) is 5.75 Å². The van der Waals surface area contributed by atoms with Crippen LogP contribution < -0.4 is 10.5 Å². The third kappa shape index (κ3) is 4.71. The smallest absolute Gasteiger partial charge is 0.323 e. The van der Waals surface area contributed by atoms with Crippen molar-refractivity contribution >= 4 is 11.7 Å². The van der Waals surface area contributed by atoms with E-state index in [2.05, 4.69) is 0 Å². The van der Waals surface area contributed by atoms with Crippen LogP contribution in [-0.2, 0) is 4.79 Å². The van der Waals surface area contributed by atoms with Gasteiger partial charge >= 0.3 is 11.7 Å². The van der Waals surface area contributed by atoms with Crippen LogP contribution >= 0.6 is 0 Å². The molecule has 7 nitrogen and oxygen atoms in total. The number of unbranched alkanes of at least 4 members (excludes halogenated alkanes) is 1. The second-order valence-corrected chi connectivity index (χ2v) is 5.21. The maximum atomic E-state index is 11.0. The van der Waals surface area contributed by atoms with Crippen LogP contribution in [0.1, 0.15) is 31.7 Å². The van der Waals surface area contributed by atoms with E-state index in [4.69, 9.17) is 15.6 Å². The van der Waals surface area contributed by atoms with Crippen molar-refractivity contribution in [1.82, 2.24) is 0 Å². The van der Waals surface area contributed by atoms with Gasteiger partial charge in [0.1, 0.15) is 5.54 Å². The molecule has 1 atom stereocenters. The number of hydrogen-bond acceptors (Lipinski definition) is 5. The molecule has 1 aromatic rings. The molecule has 0 amide bonds. The summed E-state index contributed by atoms with van der Waals surface area (Å²) in [4.78, 5) is 21.3. The third-order valence-electron chi connectivity index (χ3n) is 3.22. The van der Waals surface area contributed by atoms with Gasteiger partial charge in [0, 0.05) is 5.56 Å². The molecule has 0 aromatic heterocycles. The monoisotopic (exact) mass is 296 g/mol. The number of benzene rings is 1. The molecule has 0 heterocycles. The first-order valence-corrected chi connectivity index (χ1v) is 6.65. The summed E-state index contributed by atoms with van der Waals surface area (Å²) in [6, 6.07) is 4.90. The Morgan fingerprint density at radius 3 is 2.71 bits per heavy atom. The summed E-state index contributed by atoms with van der Waals surface area (Å²) in [6.07, 6.45) is 1.46. The van der Waals surface area contributed by atoms with Crippen LogP contribution in [-0.4, -0.2) is 28.1 Å². The summed E-state index contributed by atoms with van der Waals surface area (Å²) in [7, 11) is 0. The molecule has 0 fully saturated rings. The van der Waals surface area contributed by atoms with Crippen LogP contribution in [0.2, 0.25) is 0 Å². The Labute approximate surface area is 122 Å². The number of nitro benzene ring substituents is 1. The minimum atomic E-state index is -1.25. The topological polar surface area (TPSA) is 116 Å². The molecule has 0 aliphatic heterocycles. The quantitative estimate of drug-likeness (QED) is 0.432. The van der Waals surface area contributed by atoms with E-state index in [9.17, 15) is 14.9 Å². The Morgan fingerprint density at radius 1 is 1.48 bits per heavy atom. The van der Waals surface area contributed by atoms with Gasteiger partial charge in [-0.15, -0.1) is 0 Å². The van der Waals surface area contributed by atoms with Crippen molar-refractivity contribution in [2.75, 3.05) is 6.61 Å². The maximum Gasteiger partial charge on any atom is 0.323 e.